The van der Waals surface area contributed by atoms with Crippen molar-refractivity contribution < 1.29 is 0 Å². The number of benzene rings is 5. The molecule has 196 valence electrons. The molecule has 4 aromatic heterocycles. The summed E-state index contributed by atoms with van der Waals surface area (Å²) < 4.78 is 4.34. The fourth-order valence-corrected chi connectivity index (χ4v) is 5.97. The van der Waals surface area contributed by atoms with Gasteiger partial charge in [-0.15, -0.1) is 0 Å². The van der Waals surface area contributed by atoms with Crippen molar-refractivity contribution in [1.29, 1.82) is 0 Å². The van der Waals surface area contributed by atoms with Crippen molar-refractivity contribution in [3.63, 3.8) is 0 Å². The van der Waals surface area contributed by atoms with Crippen molar-refractivity contribution in [3.8, 4) is 34.2 Å². The molecule has 0 unspecified atom stereocenters. The molecule has 9 aromatic rings. The monoisotopic (exact) mass is 539 g/mol. The maximum atomic E-state index is 4.99. The van der Waals surface area contributed by atoms with Gasteiger partial charge in [0.2, 0.25) is 0 Å². The van der Waals surface area contributed by atoms with Crippen LogP contribution in [0.15, 0.2) is 128 Å². The molecule has 0 amide bonds. The van der Waals surface area contributed by atoms with Crippen LogP contribution in [0.1, 0.15) is 0 Å². The first-order chi connectivity index (χ1) is 20.8. The van der Waals surface area contributed by atoms with Crippen LogP contribution in [0.25, 0.3) is 78.0 Å². The molecule has 0 atom stereocenters. The van der Waals surface area contributed by atoms with Gasteiger partial charge in [-0.1, -0.05) is 91.0 Å². The van der Waals surface area contributed by atoms with Gasteiger partial charge >= 0.3 is 0 Å². The van der Waals surface area contributed by atoms with E-state index in [1.54, 1.807) is 0 Å². The van der Waals surface area contributed by atoms with E-state index < -0.39 is 0 Å². The summed E-state index contributed by atoms with van der Waals surface area (Å²) in [6, 6.07) is 39.0. The third-order valence-electron chi connectivity index (χ3n) is 7.89. The van der Waals surface area contributed by atoms with E-state index in [9.17, 15) is 0 Å². The number of rotatable bonds is 3. The molecule has 42 heavy (non-hydrogen) atoms. The summed E-state index contributed by atoms with van der Waals surface area (Å²) in [7, 11) is 0. The molecule has 7 nitrogen and oxygen atoms in total. The van der Waals surface area contributed by atoms with Gasteiger partial charge in [0.1, 0.15) is 18.2 Å². The van der Waals surface area contributed by atoms with Crippen LogP contribution in [0.2, 0.25) is 0 Å². The van der Waals surface area contributed by atoms with Crippen molar-refractivity contribution in [2.75, 3.05) is 0 Å². The van der Waals surface area contributed by atoms with Gasteiger partial charge in [0.15, 0.2) is 17.5 Å². The van der Waals surface area contributed by atoms with Crippen molar-refractivity contribution in [2.45, 2.75) is 0 Å². The standard InChI is InChI=1S/C35H21N7/c1-3-10-22(11-4-1)33-38-34(23-12-5-2-6-13-23)40-35(39-33)26-18-19-29-32-30(26)37-21-41(32)28-17-8-7-14-24(28)25-15-9-16-27-31(25)42(29)20-36-27/h1-21H. The summed E-state index contributed by atoms with van der Waals surface area (Å²) in [4.78, 5) is 24.6. The molecule has 9 rings (SSSR count). The Kier molecular flexibility index (Phi) is 4.77. The third-order valence-corrected chi connectivity index (χ3v) is 7.89. The van der Waals surface area contributed by atoms with Gasteiger partial charge in [-0.05, 0) is 24.3 Å². The Hall–Kier alpha value is -5.95. The van der Waals surface area contributed by atoms with E-state index in [1.807, 2.05) is 73.3 Å². The average molecular weight is 540 g/mol. The molecule has 0 spiro atoms. The van der Waals surface area contributed by atoms with Gasteiger partial charge in [0.25, 0.3) is 0 Å². The molecular weight excluding hydrogens is 518 g/mol. The maximum Gasteiger partial charge on any atom is 0.166 e. The quantitative estimate of drug-likeness (QED) is 0.231. The number of hydrogen-bond donors (Lipinski definition) is 0. The Balaban J connectivity index is 1.41. The number of hydrogen-bond acceptors (Lipinski definition) is 5. The smallest absolute Gasteiger partial charge is 0.166 e. The molecule has 0 fully saturated rings. The second kappa shape index (κ2) is 8.78. The number of para-hydroxylation sites is 2. The van der Waals surface area contributed by atoms with Crippen LogP contribution in [0.3, 0.4) is 0 Å². The zero-order valence-electron chi connectivity index (χ0n) is 22.3. The van der Waals surface area contributed by atoms with Gasteiger partial charge in [0, 0.05) is 27.5 Å². The van der Waals surface area contributed by atoms with Crippen molar-refractivity contribution in [2.24, 2.45) is 0 Å². The summed E-state index contributed by atoms with van der Waals surface area (Å²) in [5.74, 6) is 1.81. The highest BCUT2D eigenvalue weighted by atomic mass is 15.1. The zero-order valence-corrected chi connectivity index (χ0v) is 22.3. The molecule has 0 saturated carbocycles. The highest BCUT2D eigenvalue weighted by Gasteiger charge is 2.19. The largest absolute Gasteiger partial charge is 0.296 e. The first kappa shape index (κ1) is 22.8. The van der Waals surface area contributed by atoms with Gasteiger partial charge in [-0.25, -0.2) is 24.9 Å². The van der Waals surface area contributed by atoms with Crippen molar-refractivity contribution in [1.82, 2.24) is 33.7 Å². The minimum atomic E-state index is 0.575. The fraction of sp³-hybridized carbons (Fsp3) is 0. The van der Waals surface area contributed by atoms with Gasteiger partial charge in [0.05, 0.1) is 27.6 Å². The summed E-state index contributed by atoms with van der Waals surface area (Å²) >= 11 is 0. The number of fused-ring (bicyclic) bond motifs is 4. The molecule has 0 aliphatic rings. The summed E-state index contributed by atoms with van der Waals surface area (Å²) in [5.41, 5.74) is 8.56. The first-order valence-electron chi connectivity index (χ1n) is 13.8. The molecular formula is C35H21N7. The minimum absolute atomic E-state index is 0.575. The second-order valence-corrected chi connectivity index (χ2v) is 10.3. The topological polar surface area (TPSA) is 73.3 Å². The number of imidazole rings is 2. The highest BCUT2D eigenvalue weighted by Crippen LogP contribution is 2.35. The lowest BCUT2D eigenvalue weighted by molar-refractivity contribution is 1.08. The molecule has 0 aliphatic carbocycles. The van der Waals surface area contributed by atoms with Crippen LogP contribution >= 0.6 is 0 Å². The summed E-state index contributed by atoms with van der Waals surface area (Å²) in [5, 5.41) is 2.26. The molecule has 5 aromatic carbocycles. The van der Waals surface area contributed by atoms with E-state index in [2.05, 4.69) is 63.4 Å². The van der Waals surface area contributed by atoms with Crippen molar-refractivity contribution >= 4 is 43.9 Å². The van der Waals surface area contributed by atoms with Gasteiger partial charge in [-0.2, -0.15) is 0 Å². The molecule has 0 radical (unpaired) electrons. The Labute approximate surface area is 239 Å². The van der Waals surface area contributed by atoms with Crippen LogP contribution in [-0.4, -0.2) is 33.7 Å². The zero-order chi connectivity index (χ0) is 27.6. The van der Waals surface area contributed by atoms with Crippen LogP contribution in [0.5, 0.6) is 0 Å². The van der Waals surface area contributed by atoms with E-state index >= 15 is 0 Å². The Morgan fingerprint density at radius 3 is 1.81 bits per heavy atom. The van der Waals surface area contributed by atoms with Crippen LogP contribution in [0, 0.1) is 0 Å². The fourth-order valence-electron chi connectivity index (χ4n) is 5.97. The predicted octanol–water partition coefficient (Wildman–Crippen LogP) is 7.63. The van der Waals surface area contributed by atoms with Crippen LogP contribution in [0.4, 0.5) is 0 Å². The molecule has 0 N–H and O–H groups in total. The highest BCUT2D eigenvalue weighted by molar-refractivity contribution is 6.12. The normalized spacial score (nSPS) is 11.8. The minimum Gasteiger partial charge on any atom is -0.296 e. The second-order valence-electron chi connectivity index (χ2n) is 10.3. The van der Waals surface area contributed by atoms with Gasteiger partial charge in [-0.3, -0.25) is 8.80 Å². The van der Waals surface area contributed by atoms with Crippen LogP contribution < -0.4 is 0 Å². The van der Waals surface area contributed by atoms with Crippen LogP contribution in [-0.2, 0) is 0 Å². The van der Waals surface area contributed by atoms with E-state index in [-0.39, 0.29) is 0 Å². The molecule has 0 saturated heterocycles. The maximum absolute atomic E-state index is 4.99. The Morgan fingerprint density at radius 1 is 0.429 bits per heavy atom. The number of aromatic nitrogens is 7. The third kappa shape index (κ3) is 3.31. The van der Waals surface area contributed by atoms with E-state index in [0.717, 1.165) is 60.6 Å². The Bertz CT molecular complexity index is 2400. The number of nitrogens with zero attached hydrogens (tertiary/aromatic N) is 7. The lowest BCUT2D eigenvalue weighted by atomic mass is 10.1. The van der Waals surface area contributed by atoms with E-state index in [1.165, 1.54) is 0 Å². The predicted molar refractivity (Wildman–Crippen MR) is 166 cm³/mol. The lowest BCUT2D eigenvalue weighted by Gasteiger charge is -2.11. The summed E-state index contributed by atoms with van der Waals surface area (Å²) in [6.07, 6.45) is 3.80. The lowest BCUT2D eigenvalue weighted by Crippen LogP contribution is -2.01. The average Bonchev–Trinajstić information content (AvgIpc) is 3.70. The Morgan fingerprint density at radius 2 is 1.05 bits per heavy atom. The molecule has 7 heteroatoms. The van der Waals surface area contributed by atoms with E-state index in [0.29, 0.717) is 17.5 Å². The van der Waals surface area contributed by atoms with Crippen molar-refractivity contribution in [3.05, 3.63) is 128 Å². The van der Waals surface area contributed by atoms with Gasteiger partial charge < -0.3 is 0 Å². The summed E-state index contributed by atoms with van der Waals surface area (Å²) in [6.45, 7) is 0. The first-order valence-corrected chi connectivity index (χ1v) is 13.8. The SMILES string of the molecule is c1ccc(-c2nc(-c3ccccc3)nc(-c3ccc4c5c3ncn5c3ccccc3c3cccc5ncn4c53)n2)cc1. The molecule has 4 heterocycles. The molecule has 0 bridgehead atoms. The van der Waals surface area contributed by atoms with E-state index in [4.69, 9.17) is 24.9 Å². The molecule has 0 aliphatic heterocycles.